The van der Waals surface area contributed by atoms with Crippen LogP contribution < -0.4 is 10.6 Å². The summed E-state index contributed by atoms with van der Waals surface area (Å²) in [5, 5.41) is 6.99. The molecule has 1 aliphatic carbocycles. The van der Waals surface area contributed by atoms with Gasteiger partial charge in [-0.2, -0.15) is 0 Å². The quantitative estimate of drug-likeness (QED) is 0.804. The van der Waals surface area contributed by atoms with Gasteiger partial charge in [0.1, 0.15) is 0 Å². The third kappa shape index (κ3) is 4.04. The highest BCUT2D eigenvalue weighted by Crippen LogP contribution is 2.44. The first-order valence-corrected chi connectivity index (χ1v) is 7.88. The first-order chi connectivity index (χ1) is 8.97. The average molecular weight is 325 g/mol. The van der Waals surface area contributed by atoms with E-state index in [1.807, 2.05) is 7.05 Å². The summed E-state index contributed by atoms with van der Waals surface area (Å²) in [6.07, 6.45) is 2.72. The van der Waals surface area contributed by atoms with E-state index in [9.17, 15) is 0 Å². The molecular weight excluding hydrogens is 300 g/mol. The molecule has 2 N–H and O–H groups in total. The predicted octanol–water partition coefficient (Wildman–Crippen LogP) is 3.32. The smallest absolute Gasteiger partial charge is 0.0175 e. The molecular formula is C16H25BrN2. The normalized spacial score (nSPS) is 17.5. The van der Waals surface area contributed by atoms with Crippen molar-refractivity contribution < 1.29 is 0 Å². The molecule has 0 amide bonds. The number of halogens is 1. The molecule has 2 nitrogen and oxygen atoms in total. The van der Waals surface area contributed by atoms with Gasteiger partial charge in [0.15, 0.2) is 0 Å². The zero-order valence-corrected chi connectivity index (χ0v) is 13.8. The summed E-state index contributed by atoms with van der Waals surface area (Å²) in [5.74, 6) is 0. The topological polar surface area (TPSA) is 24.1 Å². The second-order valence-corrected chi connectivity index (χ2v) is 7.44. The van der Waals surface area contributed by atoms with Gasteiger partial charge in [-0.3, -0.25) is 0 Å². The predicted molar refractivity (Wildman–Crippen MR) is 85.6 cm³/mol. The highest BCUT2D eigenvalue weighted by molar-refractivity contribution is 9.10. The fraction of sp³-hybridized carbons (Fsp3) is 0.625. The van der Waals surface area contributed by atoms with Crippen molar-refractivity contribution in [3.8, 4) is 0 Å². The number of benzene rings is 1. The molecule has 1 saturated carbocycles. The summed E-state index contributed by atoms with van der Waals surface area (Å²) in [5.41, 5.74) is 2.10. The summed E-state index contributed by atoms with van der Waals surface area (Å²) < 4.78 is 1.14. The summed E-state index contributed by atoms with van der Waals surface area (Å²) in [4.78, 5) is 0. The monoisotopic (exact) mass is 324 g/mol. The molecule has 0 spiro atoms. The van der Waals surface area contributed by atoms with Gasteiger partial charge in [0, 0.05) is 29.5 Å². The number of nitrogens with one attached hydrogen (secondary N) is 2. The molecule has 0 heterocycles. The molecule has 0 bridgehead atoms. The van der Waals surface area contributed by atoms with Gasteiger partial charge in [-0.05, 0) is 43.0 Å². The molecule has 19 heavy (non-hydrogen) atoms. The Morgan fingerprint density at radius 2 is 1.79 bits per heavy atom. The minimum absolute atomic E-state index is 0.177. The van der Waals surface area contributed by atoms with E-state index in [0.29, 0.717) is 5.41 Å². The average Bonchev–Trinajstić information content (AvgIpc) is 3.10. The van der Waals surface area contributed by atoms with Crippen molar-refractivity contribution in [1.29, 1.82) is 0 Å². The van der Waals surface area contributed by atoms with Gasteiger partial charge >= 0.3 is 0 Å². The summed E-state index contributed by atoms with van der Waals surface area (Å²) in [6, 6.07) is 8.68. The Labute approximate surface area is 125 Å². The SMILES string of the molecule is CNCC1(CNCC(C)(C)c2ccc(Br)cc2)CC1. The zero-order valence-electron chi connectivity index (χ0n) is 12.2. The molecule has 0 unspecified atom stereocenters. The molecule has 3 heteroatoms. The van der Waals surface area contributed by atoms with Crippen LogP contribution in [0.5, 0.6) is 0 Å². The van der Waals surface area contributed by atoms with Crippen LogP contribution in [0.25, 0.3) is 0 Å². The van der Waals surface area contributed by atoms with Crippen LogP contribution in [-0.4, -0.2) is 26.7 Å². The molecule has 1 aliphatic rings. The lowest BCUT2D eigenvalue weighted by molar-refractivity contribution is 0.396. The van der Waals surface area contributed by atoms with Crippen molar-refractivity contribution in [1.82, 2.24) is 10.6 Å². The molecule has 1 aromatic carbocycles. The van der Waals surface area contributed by atoms with Crippen LogP contribution in [0.2, 0.25) is 0 Å². The van der Waals surface area contributed by atoms with Crippen molar-refractivity contribution in [2.24, 2.45) is 5.41 Å². The largest absolute Gasteiger partial charge is 0.319 e. The van der Waals surface area contributed by atoms with Gasteiger partial charge in [-0.25, -0.2) is 0 Å². The maximum Gasteiger partial charge on any atom is 0.0175 e. The van der Waals surface area contributed by atoms with Gasteiger partial charge in [0.05, 0.1) is 0 Å². The Morgan fingerprint density at radius 3 is 2.32 bits per heavy atom. The Bertz CT molecular complexity index is 407. The first kappa shape index (κ1) is 15.0. The van der Waals surface area contributed by atoms with Crippen molar-refractivity contribution in [3.05, 3.63) is 34.3 Å². The van der Waals surface area contributed by atoms with Crippen LogP contribution in [0.15, 0.2) is 28.7 Å². The number of rotatable bonds is 7. The Balaban J connectivity index is 1.85. The Morgan fingerprint density at radius 1 is 1.16 bits per heavy atom. The van der Waals surface area contributed by atoms with Crippen LogP contribution in [-0.2, 0) is 5.41 Å². The first-order valence-electron chi connectivity index (χ1n) is 7.09. The van der Waals surface area contributed by atoms with E-state index in [1.165, 1.54) is 18.4 Å². The molecule has 0 radical (unpaired) electrons. The van der Waals surface area contributed by atoms with Crippen molar-refractivity contribution in [2.45, 2.75) is 32.1 Å². The van der Waals surface area contributed by atoms with E-state index in [2.05, 4.69) is 64.7 Å². The molecule has 1 fully saturated rings. The van der Waals surface area contributed by atoms with E-state index in [0.717, 1.165) is 24.1 Å². The van der Waals surface area contributed by atoms with Crippen LogP contribution in [0.3, 0.4) is 0 Å². The molecule has 0 saturated heterocycles. The third-order valence-electron chi connectivity index (χ3n) is 4.20. The maximum absolute atomic E-state index is 3.67. The second kappa shape index (κ2) is 5.94. The van der Waals surface area contributed by atoms with Crippen LogP contribution in [0, 0.1) is 5.41 Å². The van der Waals surface area contributed by atoms with E-state index in [1.54, 1.807) is 0 Å². The molecule has 0 atom stereocenters. The number of hydrogen-bond acceptors (Lipinski definition) is 2. The van der Waals surface area contributed by atoms with E-state index < -0.39 is 0 Å². The minimum Gasteiger partial charge on any atom is -0.319 e. The van der Waals surface area contributed by atoms with Gasteiger partial charge in [0.2, 0.25) is 0 Å². The van der Waals surface area contributed by atoms with Crippen molar-refractivity contribution >= 4 is 15.9 Å². The standard InChI is InChI=1S/C16H25BrN2/c1-15(2,13-4-6-14(17)7-5-13)10-19-12-16(8-9-16)11-18-3/h4-7,18-19H,8-12H2,1-3H3. The Kier molecular flexibility index (Phi) is 4.70. The fourth-order valence-electron chi connectivity index (χ4n) is 2.61. The number of hydrogen-bond donors (Lipinski definition) is 2. The van der Waals surface area contributed by atoms with Gasteiger partial charge in [-0.15, -0.1) is 0 Å². The molecule has 0 aliphatic heterocycles. The van der Waals surface area contributed by atoms with E-state index in [-0.39, 0.29) is 5.41 Å². The third-order valence-corrected chi connectivity index (χ3v) is 4.73. The maximum atomic E-state index is 3.67. The summed E-state index contributed by atoms with van der Waals surface area (Å²) >= 11 is 3.49. The zero-order chi connectivity index (χ0) is 13.9. The minimum atomic E-state index is 0.177. The second-order valence-electron chi connectivity index (χ2n) is 6.52. The summed E-state index contributed by atoms with van der Waals surface area (Å²) in [6.45, 7) is 7.91. The van der Waals surface area contributed by atoms with Crippen molar-refractivity contribution in [2.75, 3.05) is 26.7 Å². The molecule has 2 rings (SSSR count). The van der Waals surface area contributed by atoms with Crippen LogP contribution >= 0.6 is 15.9 Å². The molecule has 1 aromatic rings. The lowest BCUT2D eigenvalue weighted by atomic mass is 9.84. The van der Waals surface area contributed by atoms with E-state index in [4.69, 9.17) is 0 Å². The highest BCUT2D eigenvalue weighted by Gasteiger charge is 2.41. The van der Waals surface area contributed by atoms with Crippen LogP contribution in [0.4, 0.5) is 0 Å². The lowest BCUT2D eigenvalue weighted by Gasteiger charge is -2.27. The van der Waals surface area contributed by atoms with Gasteiger partial charge in [0.25, 0.3) is 0 Å². The van der Waals surface area contributed by atoms with Crippen molar-refractivity contribution in [3.63, 3.8) is 0 Å². The fourth-order valence-corrected chi connectivity index (χ4v) is 2.88. The molecule has 0 aromatic heterocycles. The van der Waals surface area contributed by atoms with E-state index >= 15 is 0 Å². The van der Waals surface area contributed by atoms with Gasteiger partial charge in [-0.1, -0.05) is 41.9 Å². The van der Waals surface area contributed by atoms with Gasteiger partial charge < -0.3 is 10.6 Å². The summed E-state index contributed by atoms with van der Waals surface area (Å²) in [7, 11) is 2.05. The Hall–Kier alpha value is -0.380. The lowest BCUT2D eigenvalue weighted by Crippen LogP contribution is -2.38. The van der Waals surface area contributed by atoms with Crippen LogP contribution in [0.1, 0.15) is 32.3 Å². The molecule has 106 valence electrons. The highest BCUT2D eigenvalue weighted by atomic mass is 79.9.